The molecule has 18 heavy (non-hydrogen) atoms. The van der Waals surface area contributed by atoms with Crippen molar-refractivity contribution in [3.05, 3.63) is 53.9 Å². The third-order valence-corrected chi connectivity index (χ3v) is 2.81. The number of rotatable bonds is 5. The molecule has 1 heterocycles. The zero-order valence-corrected chi connectivity index (χ0v) is 10.5. The van der Waals surface area contributed by atoms with Gasteiger partial charge in [0.1, 0.15) is 0 Å². The Morgan fingerprint density at radius 1 is 1.28 bits per heavy atom. The summed E-state index contributed by atoms with van der Waals surface area (Å²) in [4.78, 5) is 11.3. The van der Waals surface area contributed by atoms with Gasteiger partial charge in [0.15, 0.2) is 0 Å². The number of nitrogens with one attached hydrogen (secondary N) is 1. The van der Waals surface area contributed by atoms with Gasteiger partial charge < -0.3 is 5.32 Å². The van der Waals surface area contributed by atoms with E-state index in [2.05, 4.69) is 16.5 Å². The van der Waals surface area contributed by atoms with Gasteiger partial charge in [-0.2, -0.15) is 5.10 Å². The van der Waals surface area contributed by atoms with Crippen LogP contribution in [0.15, 0.2) is 42.7 Å². The van der Waals surface area contributed by atoms with E-state index < -0.39 is 0 Å². The molecule has 0 aliphatic heterocycles. The number of carbonyl (C=O) groups is 1. The van der Waals surface area contributed by atoms with E-state index in [-0.39, 0.29) is 5.91 Å². The Labute approximate surface area is 107 Å². The van der Waals surface area contributed by atoms with Crippen molar-refractivity contribution in [3.63, 3.8) is 0 Å². The molecule has 0 spiro atoms. The average molecular weight is 243 g/mol. The molecule has 1 amide bonds. The Morgan fingerprint density at radius 2 is 2.06 bits per heavy atom. The van der Waals surface area contributed by atoms with Crippen LogP contribution in [-0.2, 0) is 17.9 Å². The Morgan fingerprint density at radius 3 is 2.72 bits per heavy atom. The van der Waals surface area contributed by atoms with Crippen LogP contribution in [0.1, 0.15) is 24.5 Å². The molecule has 94 valence electrons. The molecule has 0 radical (unpaired) electrons. The van der Waals surface area contributed by atoms with Crippen LogP contribution in [0.2, 0.25) is 0 Å². The Balaban J connectivity index is 2.08. The monoisotopic (exact) mass is 243 g/mol. The molecule has 2 aromatic rings. The molecular weight excluding hydrogens is 226 g/mol. The van der Waals surface area contributed by atoms with E-state index in [1.165, 1.54) is 5.56 Å². The predicted octanol–water partition coefficient (Wildman–Crippen LogP) is 1.96. The van der Waals surface area contributed by atoms with Crippen LogP contribution in [0.3, 0.4) is 0 Å². The van der Waals surface area contributed by atoms with E-state index in [1.807, 2.05) is 42.1 Å². The van der Waals surface area contributed by atoms with Gasteiger partial charge in [0, 0.05) is 25.4 Å². The van der Waals surface area contributed by atoms with E-state index in [0.29, 0.717) is 13.0 Å². The standard InChI is InChI=1S/C14H17N3O/c1-2-14(18)15-10-12-6-3-4-7-13(12)11-17-9-5-8-16-17/h3-9H,2,10-11H2,1H3,(H,15,18). The Hall–Kier alpha value is -2.10. The van der Waals surface area contributed by atoms with Gasteiger partial charge in [0.2, 0.25) is 5.91 Å². The van der Waals surface area contributed by atoms with Gasteiger partial charge in [0.25, 0.3) is 0 Å². The topological polar surface area (TPSA) is 46.9 Å². The largest absolute Gasteiger partial charge is 0.352 e. The van der Waals surface area contributed by atoms with E-state index >= 15 is 0 Å². The second-order valence-electron chi connectivity index (χ2n) is 4.10. The number of hydrogen-bond donors (Lipinski definition) is 1. The fourth-order valence-electron chi connectivity index (χ4n) is 1.77. The molecule has 0 atom stereocenters. The lowest BCUT2D eigenvalue weighted by molar-refractivity contribution is -0.120. The molecule has 2 rings (SSSR count). The minimum absolute atomic E-state index is 0.0730. The first-order chi connectivity index (χ1) is 8.79. The number of amides is 1. The molecule has 0 saturated heterocycles. The van der Waals surface area contributed by atoms with Gasteiger partial charge >= 0.3 is 0 Å². The minimum atomic E-state index is 0.0730. The fourth-order valence-corrected chi connectivity index (χ4v) is 1.77. The van der Waals surface area contributed by atoms with Gasteiger partial charge in [-0.15, -0.1) is 0 Å². The SMILES string of the molecule is CCC(=O)NCc1ccccc1Cn1cccn1. The van der Waals surface area contributed by atoms with Crippen molar-refractivity contribution in [2.24, 2.45) is 0 Å². The van der Waals surface area contributed by atoms with E-state index in [9.17, 15) is 4.79 Å². The van der Waals surface area contributed by atoms with Crippen LogP contribution < -0.4 is 5.32 Å². The van der Waals surface area contributed by atoms with Crippen LogP contribution in [0.5, 0.6) is 0 Å². The first kappa shape index (κ1) is 12.4. The molecule has 0 saturated carbocycles. The third kappa shape index (κ3) is 3.20. The van der Waals surface area contributed by atoms with Crippen molar-refractivity contribution in [1.82, 2.24) is 15.1 Å². The van der Waals surface area contributed by atoms with Crippen molar-refractivity contribution in [2.75, 3.05) is 0 Å². The summed E-state index contributed by atoms with van der Waals surface area (Å²) >= 11 is 0. The molecule has 4 nitrogen and oxygen atoms in total. The highest BCUT2D eigenvalue weighted by atomic mass is 16.1. The van der Waals surface area contributed by atoms with Crippen molar-refractivity contribution in [1.29, 1.82) is 0 Å². The molecule has 1 aromatic heterocycles. The lowest BCUT2D eigenvalue weighted by atomic mass is 10.1. The molecule has 1 N–H and O–H groups in total. The highest BCUT2D eigenvalue weighted by molar-refractivity contribution is 5.75. The lowest BCUT2D eigenvalue weighted by Gasteiger charge is -2.10. The van der Waals surface area contributed by atoms with Crippen molar-refractivity contribution >= 4 is 5.91 Å². The molecule has 0 aliphatic rings. The summed E-state index contributed by atoms with van der Waals surface area (Å²) in [6, 6.07) is 10.00. The summed E-state index contributed by atoms with van der Waals surface area (Å²) in [5, 5.41) is 7.09. The number of nitrogens with zero attached hydrogens (tertiary/aromatic N) is 2. The summed E-state index contributed by atoms with van der Waals surface area (Å²) in [7, 11) is 0. The molecule has 0 bridgehead atoms. The van der Waals surface area contributed by atoms with Crippen molar-refractivity contribution in [3.8, 4) is 0 Å². The van der Waals surface area contributed by atoms with Crippen molar-refractivity contribution in [2.45, 2.75) is 26.4 Å². The summed E-state index contributed by atoms with van der Waals surface area (Å²) in [5.74, 6) is 0.0730. The van der Waals surface area contributed by atoms with Gasteiger partial charge in [-0.1, -0.05) is 31.2 Å². The highest BCUT2D eigenvalue weighted by Gasteiger charge is 2.04. The van der Waals surface area contributed by atoms with E-state index in [1.54, 1.807) is 6.20 Å². The summed E-state index contributed by atoms with van der Waals surface area (Å²) in [6.07, 6.45) is 4.21. The fraction of sp³-hybridized carbons (Fsp3) is 0.286. The Kier molecular flexibility index (Phi) is 4.12. The quantitative estimate of drug-likeness (QED) is 0.872. The van der Waals surface area contributed by atoms with Crippen LogP contribution in [0, 0.1) is 0 Å². The van der Waals surface area contributed by atoms with Crippen LogP contribution >= 0.6 is 0 Å². The van der Waals surface area contributed by atoms with E-state index in [0.717, 1.165) is 12.1 Å². The van der Waals surface area contributed by atoms with Crippen LogP contribution in [0.25, 0.3) is 0 Å². The first-order valence-electron chi connectivity index (χ1n) is 6.10. The molecule has 0 aliphatic carbocycles. The zero-order valence-electron chi connectivity index (χ0n) is 10.5. The van der Waals surface area contributed by atoms with Gasteiger partial charge in [0.05, 0.1) is 6.54 Å². The number of carbonyl (C=O) groups excluding carboxylic acids is 1. The minimum Gasteiger partial charge on any atom is -0.352 e. The second-order valence-corrected chi connectivity index (χ2v) is 4.10. The maximum Gasteiger partial charge on any atom is 0.219 e. The van der Waals surface area contributed by atoms with Crippen molar-refractivity contribution < 1.29 is 4.79 Å². The van der Waals surface area contributed by atoms with Gasteiger partial charge in [-0.05, 0) is 17.2 Å². The predicted molar refractivity (Wildman–Crippen MR) is 69.9 cm³/mol. The smallest absolute Gasteiger partial charge is 0.219 e. The maximum absolute atomic E-state index is 11.3. The van der Waals surface area contributed by atoms with Crippen LogP contribution in [-0.4, -0.2) is 15.7 Å². The Bertz CT molecular complexity index is 506. The van der Waals surface area contributed by atoms with Gasteiger partial charge in [-0.25, -0.2) is 0 Å². The highest BCUT2D eigenvalue weighted by Crippen LogP contribution is 2.10. The first-order valence-corrected chi connectivity index (χ1v) is 6.10. The molecule has 0 unspecified atom stereocenters. The second kappa shape index (κ2) is 6.00. The summed E-state index contributed by atoms with van der Waals surface area (Å²) in [5.41, 5.74) is 2.31. The average Bonchev–Trinajstić information content (AvgIpc) is 2.90. The third-order valence-electron chi connectivity index (χ3n) is 2.81. The molecule has 4 heteroatoms. The zero-order chi connectivity index (χ0) is 12.8. The molecular formula is C14H17N3O. The lowest BCUT2D eigenvalue weighted by Crippen LogP contribution is -2.22. The number of benzene rings is 1. The van der Waals surface area contributed by atoms with Gasteiger partial charge in [-0.3, -0.25) is 9.48 Å². The molecule has 1 aromatic carbocycles. The molecule has 0 fully saturated rings. The van der Waals surface area contributed by atoms with Crippen LogP contribution in [0.4, 0.5) is 0 Å². The van der Waals surface area contributed by atoms with E-state index in [4.69, 9.17) is 0 Å². The maximum atomic E-state index is 11.3. The normalized spacial score (nSPS) is 10.3. The number of aromatic nitrogens is 2. The number of hydrogen-bond acceptors (Lipinski definition) is 2. The summed E-state index contributed by atoms with van der Waals surface area (Å²) in [6.45, 7) is 3.15. The summed E-state index contributed by atoms with van der Waals surface area (Å²) < 4.78 is 1.88.